The van der Waals surface area contributed by atoms with Crippen molar-refractivity contribution >= 4 is 23.3 Å². The number of alkyl halides is 3. The fraction of sp³-hybridized carbons (Fsp3) is 0.417. The summed E-state index contributed by atoms with van der Waals surface area (Å²) < 4.78 is 54.0. The van der Waals surface area contributed by atoms with E-state index in [2.05, 4.69) is 10.6 Å². The molecule has 2 aromatic carbocycles. The Labute approximate surface area is 204 Å². The number of fused-ring (bicyclic) bond motifs is 3. The second-order valence-corrected chi connectivity index (χ2v) is 8.56. The predicted octanol–water partition coefficient (Wildman–Crippen LogP) is 3.40. The first-order valence-corrected chi connectivity index (χ1v) is 11.3. The molecule has 4 N–H and O–H groups in total. The molecule has 2 aromatic rings. The summed E-state index contributed by atoms with van der Waals surface area (Å²) in [5.74, 6) is 0.133. The smallest absolute Gasteiger partial charge is 0.405 e. The number of benzene rings is 2. The highest BCUT2D eigenvalue weighted by molar-refractivity contribution is 5.99. The molecule has 0 radical (unpaired) electrons. The standard InChI is InChI=1S/C24H26F3N3O6/c1-34-15-5-2-13(3-6-15)29-23(33)30-14-4-7-19-17(8-14)18-9-16(35-20(11-31)22(18)36-19)10-21(32)28-12-24(25,26)27/h2-8,16,18,20,22,31H,9-12H2,1H3,(H,28,32)(H2,29,30,33)/t16-,18+,20-,22-/m0/s1. The third kappa shape index (κ3) is 6.18. The number of methoxy groups -OCH3 is 1. The third-order valence-electron chi connectivity index (χ3n) is 6.00. The molecular weight excluding hydrogens is 483 g/mol. The van der Waals surface area contributed by atoms with Crippen molar-refractivity contribution in [1.29, 1.82) is 0 Å². The molecule has 2 aliphatic rings. The average molecular weight is 509 g/mol. The summed E-state index contributed by atoms with van der Waals surface area (Å²) in [7, 11) is 1.55. The Hall–Kier alpha value is -3.51. The Balaban J connectivity index is 1.42. The summed E-state index contributed by atoms with van der Waals surface area (Å²) in [4.78, 5) is 24.5. The van der Waals surface area contributed by atoms with Gasteiger partial charge in [-0.25, -0.2) is 4.79 Å². The van der Waals surface area contributed by atoms with Gasteiger partial charge in [0.2, 0.25) is 5.91 Å². The van der Waals surface area contributed by atoms with Crippen molar-refractivity contribution in [2.24, 2.45) is 0 Å². The molecule has 1 fully saturated rings. The molecule has 36 heavy (non-hydrogen) atoms. The Kier molecular flexibility index (Phi) is 7.55. The minimum atomic E-state index is -4.51. The van der Waals surface area contributed by atoms with Gasteiger partial charge in [0.1, 0.15) is 30.3 Å². The van der Waals surface area contributed by atoms with Crippen LogP contribution in [0.3, 0.4) is 0 Å². The number of aliphatic hydroxyl groups is 1. The van der Waals surface area contributed by atoms with Gasteiger partial charge >= 0.3 is 12.2 Å². The van der Waals surface area contributed by atoms with Crippen LogP contribution in [0.5, 0.6) is 11.5 Å². The molecule has 12 heteroatoms. The maximum absolute atomic E-state index is 12.5. The fourth-order valence-corrected chi connectivity index (χ4v) is 4.41. The van der Waals surface area contributed by atoms with Gasteiger partial charge in [0, 0.05) is 22.9 Å². The number of ether oxygens (including phenoxy) is 3. The average Bonchev–Trinajstić information content (AvgIpc) is 3.20. The van der Waals surface area contributed by atoms with E-state index in [1.165, 1.54) is 0 Å². The quantitative estimate of drug-likeness (QED) is 0.455. The van der Waals surface area contributed by atoms with E-state index >= 15 is 0 Å². The first-order chi connectivity index (χ1) is 17.1. The lowest BCUT2D eigenvalue weighted by molar-refractivity contribution is -0.149. The Morgan fingerprint density at radius 3 is 2.47 bits per heavy atom. The monoisotopic (exact) mass is 509 g/mol. The number of carbonyl (C=O) groups excluding carboxylic acids is 2. The van der Waals surface area contributed by atoms with E-state index in [0.29, 0.717) is 29.3 Å². The number of urea groups is 1. The molecule has 9 nitrogen and oxygen atoms in total. The normalized spacial score (nSPS) is 22.6. The van der Waals surface area contributed by atoms with Gasteiger partial charge < -0.3 is 35.3 Å². The van der Waals surface area contributed by atoms with Crippen molar-refractivity contribution < 1.29 is 42.1 Å². The van der Waals surface area contributed by atoms with Gasteiger partial charge in [0.05, 0.1) is 26.2 Å². The predicted molar refractivity (Wildman–Crippen MR) is 123 cm³/mol. The molecule has 4 rings (SSSR count). The minimum absolute atomic E-state index is 0.280. The molecule has 0 spiro atoms. The van der Waals surface area contributed by atoms with Crippen molar-refractivity contribution in [3.05, 3.63) is 48.0 Å². The van der Waals surface area contributed by atoms with Gasteiger partial charge in [-0.05, 0) is 48.9 Å². The molecule has 4 atom stereocenters. The first kappa shape index (κ1) is 25.6. The molecule has 0 bridgehead atoms. The third-order valence-corrected chi connectivity index (χ3v) is 6.00. The second kappa shape index (κ2) is 10.6. The summed E-state index contributed by atoms with van der Waals surface area (Å²) in [6.07, 6.45) is -6.48. The number of anilines is 2. The maximum atomic E-state index is 12.5. The lowest BCUT2D eigenvalue weighted by Gasteiger charge is -2.37. The first-order valence-electron chi connectivity index (χ1n) is 11.3. The summed E-state index contributed by atoms with van der Waals surface area (Å²) in [5, 5.41) is 17.1. The summed E-state index contributed by atoms with van der Waals surface area (Å²) in [5.41, 5.74) is 1.82. The van der Waals surface area contributed by atoms with Crippen LogP contribution in [-0.2, 0) is 9.53 Å². The topological polar surface area (TPSA) is 118 Å². The van der Waals surface area contributed by atoms with Crippen LogP contribution < -0.4 is 25.4 Å². The van der Waals surface area contributed by atoms with Crippen LogP contribution in [0.4, 0.5) is 29.3 Å². The Bertz CT molecular complexity index is 1100. The molecule has 2 heterocycles. The number of aliphatic hydroxyl groups excluding tert-OH is 1. The van der Waals surface area contributed by atoms with E-state index < -0.39 is 43.0 Å². The lowest BCUT2D eigenvalue weighted by Crippen LogP contribution is -2.47. The molecule has 3 amide bonds. The fourth-order valence-electron chi connectivity index (χ4n) is 4.41. The molecular formula is C24H26F3N3O6. The number of rotatable bonds is 7. The molecule has 0 unspecified atom stereocenters. The molecule has 0 aliphatic carbocycles. The van der Waals surface area contributed by atoms with Gasteiger partial charge in [0.15, 0.2) is 0 Å². The molecule has 2 aliphatic heterocycles. The van der Waals surface area contributed by atoms with Crippen LogP contribution in [0, 0.1) is 0 Å². The van der Waals surface area contributed by atoms with E-state index in [1.54, 1.807) is 49.6 Å². The summed E-state index contributed by atoms with van der Waals surface area (Å²) in [6, 6.07) is 11.5. The van der Waals surface area contributed by atoms with Gasteiger partial charge in [-0.1, -0.05) is 0 Å². The number of amides is 3. The van der Waals surface area contributed by atoms with E-state index in [-0.39, 0.29) is 18.9 Å². The maximum Gasteiger partial charge on any atom is 0.405 e. The number of carbonyl (C=O) groups is 2. The van der Waals surface area contributed by atoms with Crippen molar-refractivity contribution in [3.63, 3.8) is 0 Å². The molecule has 0 aromatic heterocycles. The van der Waals surface area contributed by atoms with Gasteiger partial charge in [0.25, 0.3) is 0 Å². The van der Waals surface area contributed by atoms with Gasteiger partial charge in [-0.15, -0.1) is 0 Å². The van der Waals surface area contributed by atoms with Crippen molar-refractivity contribution in [1.82, 2.24) is 5.32 Å². The Morgan fingerprint density at radius 1 is 1.11 bits per heavy atom. The highest BCUT2D eigenvalue weighted by Crippen LogP contribution is 2.47. The van der Waals surface area contributed by atoms with Gasteiger partial charge in [-0.3, -0.25) is 4.79 Å². The second-order valence-electron chi connectivity index (χ2n) is 8.56. The van der Waals surface area contributed by atoms with Crippen LogP contribution in [0.25, 0.3) is 0 Å². The SMILES string of the molecule is COc1ccc(NC(=O)Nc2ccc3c(c2)[C@H]2C[C@@H](CC(=O)NCC(F)(F)F)O[C@@H](CO)[C@H]2O3)cc1. The minimum Gasteiger partial charge on any atom is -0.497 e. The highest BCUT2D eigenvalue weighted by atomic mass is 19.4. The zero-order valence-corrected chi connectivity index (χ0v) is 19.3. The van der Waals surface area contributed by atoms with Crippen LogP contribution in [0.2, 0.25) is 0 Å². The summed E-state index contributed by atoms with van der Waals surface area (Å²) in [6.45, 7) is -1.81. The van der Waals surface area contributed by atoms with E-state index in [1.807, 2.05) is 5.32 Å². The van der Waals surface area contributed by atoms with Crippen LogP contribution in [0.15, 0.2) is 42.5 Å². The highest BCUT2D eigenvalue weighted by Gasteiger charge is 2.46. The number of hydrogen-bond donors (Lipinski definition) is 4. The Morgan fingerprint density at radius 2 is 1.81 bits per heavy atom. The van der Waals surface area contributed by atoms with E-state index in [9.17, 15) is 27.9 Å². The van der Waals surface area contributed by atoms with Crippen molar-refractivity contribution in [2.45, 2.75) is 43.2 Å². The zero-order chi connectivity index (χ0) is 25.9. The van der Waals surface area contributed by atoms with Crippen molar-refractivity contribution in [2.75, 3.05) is 30.9 Å². The van der Waals surface area contributed by atoms with Crippen molar-refractivity contribution in [3.8, 4) is 11.5 Å². The van der Waals surface area contributed by atoms with Crippen LogP contribution >= 0.6 is 0 Å². The largest absolute Gasteiger partial charge is 0.497 e. The van der Waals surface area contributed by atoms with Crippen LogP contribution in [-0.4, -0.2) is 61.8 Å². The number of halogens is 3. The lowest BCUT2D eigenvalue weighted by atomic mass is 9.84. The van der Waals surface area contributed by atoms with Gasteiger partial charge in [-0.2, -0.15) is 13.2 Å². The van der Waals surface area contributed by atoms with E-state index in [4.69, 9.17) is 14.2 Å². The molecule has 194 valence electrons. The summed E-state index contributed by atoms with van der Waals surface area (Å²) >= 11 is 0. The number of hydrogen-bond acceptors (Lipinski definition) is 6. The number of nitrogens with one attached hydrogen (secondary N) is 3. The molecule has 1 saturated heterocycles. The van der Waals surface area contributed by atoms with Crippen LogP contribution in [0.1, 0.15) is 24.3 Å². The molecule has 0 saturated carbocycles. The zero-order valence-electron chi connectivity index (χ0n) is 19.3. The van der Waals surface area contributed by atoms with E-state index in [0.717, 1.165) is 5.56 Å².